The molecule has 0 aliphatic heterocycles. The maximum atomic E-state index is 12.1. The van der Waals surface area contributed by atoms with Crippen molar-refractivity contribution in [1.29, 1.82) is 0 Å². The molecule has 0 bridgehead atoms. The van der Waals surface area contributed by atoms with Gasteiger partial charge in [-0.25, -0.2) is 9.59 Å². The lowest BCUT2D eigenvalue weighted by Gasteiger charge is -2.31. The number of carbonyl (C=O) groups excluding carboxylic acids is 2. The molecule has 4 heteroatoms. The Morgan fingerprint density at radius 1 is 0.692 bits per heavy atom. The molecule has 152 valence electrons. The molecule has 4 nitrogen and oxygen atoms in total. The van der Waals surface area contributed by atoms with E-state index < -0.39 is 11.9 Å². The lowest BCUT2D eigenvalue weighted by molar-refractivity contribution is -0.152. The van der Waals surface area contributed by atoms with Gasteiger partial charge in [0.25, 0.3) is 0 Å². The van der Waals surface area contributed by atoms with Crippen LogP contribution >= 0.6 is 0 Å². The predicted molar refractivity (Wildman–Crippen MR) is 107 cm³/mol. The van der Waals surface area contributed by atoms with Gasteiger partial charge in [-0.1, -0.05) is 69.2 Å². The van der Waals surface area contributed by atoms with E-state index in [9.17, 15) is 9.59 Å². The molecule has 0 N–H and O–H groups in total. The topological polar surface area (TPSA) is 52.6 Å². The monoisotopic (exact) mass is 368 g/mol. The van der Waals surface area contributed by atoms with Crippen LogP contribution in [0.25, 0.3) is 0 Å². The molecule has 26 heavy (non-hydrogen) atoms. The minimum Gasteiger partial charge on any atom is -0.459 e. The van der Waals surface area contributed by atoms with E-state index in [-0.39, 0.29) is 23.0 Å². The Balaban J connectivity index is 4.86. The first-order valence-corrected chi connectivity index (χ1v) is 9.72. The standard InChI is InChI=1S/C22H40O4/c1-15(2)13-17(21(5,6)7)25-19(23)11-12-20(24)26-18(14-16(3)4)22(8,9)10/h11-12,15-18H,13-14H2,1-10H3/b12-11+. The van der Waals surface area contributed by atoms with Gasteiger partial charge >= 0.3 is 11.9 Å². The number of esters is 2. The van der Waals surface area contributed by atoms with Crippen LogP contribution < -0.4 is 0 Å². The van der Waals surface area contributed by atoms with Gasteiger partial charge in [0, 0.05) is 12.2 Å². The molecule has 2 atom stereocenters. The molecule has 0 aromatic carbocycles. The first-order chi connectivity index (χ1) is 11.6. The average molecular weight is 369 g/mol. The van der Waals surface area contributed by atoms with Crippen LogP contribution in [0.3, 0.4) is 0 Å². The number of hydrogen-bond acceptors (Lipinski definition) is 4. The Morgan fingerprint density at radius 2 is 0.962 bits per heavy atom. The molecule has 0 saturated heterocycles. The van der Waals surface area contributed by atoms with Crippen molar-refractivity contribution in [1.82, 2.24) is 0 Å². The molecule has 2 unspecified atom stereocenters. The quantitative estimate of drug-likeness (QED) is 0.416. The van der Waals surface area contributed by atoms with Gasteiger partial charge in [0.2, 0.25) is 0 Å². The molecule has 0 saturated carbocycles. The van der Waals surface area contributed by atoms with Crippen LogP contribution in [0, 0.1) is 22.7 Å². The third-order valence-electron chi connectivity index (χ3n) is 4.18. The highest BCUT2D eigenvalue weighted by atomic mass is 16.5. The Labute approximate surface area is 160 Å². The summed E-state index contributed by atoms with van der Waals surface area (Å²) < 4.78 is 11.2. The zero-order chi connectivity index (χ0) is 20.7. The van der Waals surface area contributed by atoms with Crippen LogP contribution in [-0.4, -0.2) is 24.1 Å². The first-order valence-electron chi connectivity index (χ1n) is 9.72. The largest absolute Gasteiger partial charge is 0.459 e. The lowest BCUT2D eigenvalue weighted by atomic mass is 9.84. The first kappa shape index (κ1) is 24.7. The second-order valence-corrected chi connectivity index (χ2v) is 10.2. The summed E-state index contributed by atoms with van der Waals surface area (Å²) in [5, 5.41) is 0. The van der Waals surface area contributed by atoms with Gasteiger partial charge in [-0.05, 0) is 35.5 Å². The van der Waals surface area contributed by atoms with Crippen LogP contribution in [0.2, 0.25) is 0 Å². The third-order valence-corrected chi connectivity index (χ3v) is 4.18. The Hall–Kier alpha value is -1.32. The van der Waals surface area contributed by atoms with E-state index in [1.165, 1.54) is 12.2 Å². The summed E-state index contributed by atoms with van der Waals surface area (Å²) in [5.74, 6) is -0.161. The van der Waals surface area contributed by atoms with E-state index >= 15 is 0 Å². The summed E-state index contributed by atoms with van der Waals surface area (Å²) in [6.45, 7) is 20.7. The summed E-state index contributed by atoms with van der Waals surface area (Å²) in [6.07, 6.45) is 3.53. The maximum Gasteiger partial charge on any atom is 0.331 e. The zero-order valence-electron chi connectivity index (χ0n) is 18.5. The molecular formula is C22H40O4. The van der Waals surface area contributed by atoms with Crippen molar-refractivity contribution >= 4 is 11.9 Å². The predicted octanol–water partition coefficient (Wildman–Crippen LogP) is 5.55. The van der Waals surface area contributed by atoms with E-state index in [1.54, 1.807) is 0 Å². The Kier molecular flexibility index (Phi) is 9.61. The molecule has 0 rings (SSSR count). The zero-order valence-corrected chi connectivity index (χ0v) is 18.5. The van der Waals surface area contributed by atoms with Gasteiger partial charge < -0.3 is 9.47 Å². The van der Waals surface area contributed by atoms with E-state index in [0.29, 0.717) is 11.8 Å². The summed E-state index contributed by atoms with van der Waals surface area (Å²) in [5.41, 5.74) is -0.300. The molecule has 0 aliphatic rings. The van der Waals surface area contributed by atoms with Gasteiger partial charge in [-0.3, -0.25) is 0 Å². The van der Waals surface area contributed by atoms with Crippen molar-refractivity contribution < 1.29 is 19.1 Å². The van der Waals surface area contributed by atoms with Crippen molar-refractivity contribution in [2.75, 3.05) is 0 Å². The maximum absolute atomic E-state index is 12.1. The molecule has 0 aliphatic carbocycles. The van der Waals surface area contributed by atoms with Crippen molar-refractivity contribution in [2.45, 2.75) is 94.3 Å². The smallest absolute Gasteiger partial charge is 0.331 e. The van der Waals surface area contributed by atoms with Gasteiger partial charge in [-0.2, -0.15) is 0 Å². The second kappa shape index (κ2) is 10.1. The van der Waals surface area contributed by atoms with Crippen molar-refractivity contribution in [2.24, 2.45) is 22.7 Å². The minimum absolute atomic E-state index is 0.150. The van der Waals surface area contributed by atoms with Gasteiger partial charge in [0.1, 0.15) is 12.2 Å². The van der Waals surface area contributed by atoms with Crippen molar-refractivity contribution in [3.63, 3.8) is 0 Å². The fourth-order valence-electron chi connectivity index (χ4n) is 2.51. The molecule has 0 fully saturated rings. The van der Waals surface area contributed by atoms with Crippen molar-refractivity contribution in [3.8, 4) is 0 Å². The van der Waals surface area contributed by atoms with E-state index in [2.05, 4.69) is 27.7 Å². The number of rotatable bonds is 8. The van der Waals surface area contributed by atoms with E-state index in [1.807, 2.05) is 41.5 Å². The van der Waals surface area contributed by atoms with Crippen molar-refractivity contribution in [3.05, 3.63) is 12.2 Å². The molecule has 0 aromatic rings. The van der Waals surface area contributed by atoms with Gasteiger partial charge in [0.05, 0.1) is 0 Å². The Morgan fingerprint density at radius 3 is 1.15 bits per heavy atom. The molecule has 0 heterocycles. The SMILES string of the molecule is CC(C)CC(OC(=O)/C=C/C(=O)OC(CC(C)C)C(C)(C)C)C(C)(C)C. The normalized spacial score (nSPS) is 15.4. The van der Waals surface area contributed by atoms with Crippen LogP contribution in [0.1, 0.15) is 82.1 Å². The summed E-state index contributed by atoms with van der Waals surface area (Å²) in [7, 11) is 0. The average Bonchev–Trinajstić information content (AvgIpc) is 2.40. The molecule has 0 amide bonds. The van der Waals surface area contributed by atoms with Gasteiger partial charge in [-0.15, -0.1) is 0 Å². The van der Waals surface area contributed by atoms with E-state index in [0.717, 1.165) is 12.8 Å². The lowest BCUT2D eigenvalue weighted by Crippen LogP contribution is -2.33. The molecule has 0 radical (unpaired) electrons. The highest BCUT2D eigenvalue weighted by Crippen LogP contribution is 2.29. The summed E-state index contributed by atoms with van der Waals surface area (Å²) in [4.78, 5) is 24.3. The summed E-state index contributed by atoms with van der Waals surface area (Å²) >= 11 is 0. The van der Waals surface area contributed by atoms with Crippen LogP contribution in [0.15, 0.2) is 12.2 Å². The van der Waals surface area contributed by atoms with Gasteiger partial charge in [0.15, 0.2) is 0 Å². The fourth-order valence-corrected chi connectivity index (χ4v) is 2.51. The number of hydrogen-bond donors (Lipinski definition) is 0. The van der Waals surface area contributed by atoms with E-state index in [4.69, 9.17) is 9.47 Å². The molecule has 0 spiro atoms. The minimum atomic E-state index is -0.501. The fraction of sp³-hybridized carbons (Fsp3) is 0.818. The second-order valence-electron chi connectivity index (χ2n) is 10.2. The van der Waals surface area contributed by atoms with Crippen LogP contribution in [0.4, 0.5) is 0 Å². The third kappa shape index (κ3) is 10.6. The Bertz CT molecular complexity index is 431. The van der Waals surface area contributed by atoms with Crippen LogP contribution in [-0.2, 0) is 19.1 Å². The molecular weight excluding hydrogens is 328 g/mol. The highest BCUT2D eigenvalue weighted by molar-refractivity contribution is 5.91. The highest BCUT2D eigenvalue weighted by Gasteiger charge is 2.30. The number of ether oxygens (including phenoxy) is 2. The number of carbonyl (C=O) groups is 2. The van der Waals surface area contributed by atoms with Crippen LogP contribution in [0.5, 0.6) is 0 Å². The molecule has 0 aromatic heterocycles. The summed E-state index contributed by atoms with van der Waals surface area (Å²) in [6, 6.07) is 0.